The Balaban J connectivity index is 2.03. The molecule has 10 heteroatoms. The topological polar surface area (TPSA) is 96.0 Å². The lowest BCUT2D eigenvalue weighted by molar-refractivity contribution is -0.139. The Hall–Kier alpha value is -3.92. The fraction of sp³-hybridized carbons (Fsp3) is 0.259. The number of methoxy groups -OCH3 is 1. The quantitative estimate of drug-likeness (QED) is 0.411. The molecule has 3 aromatic carbocycles. The SMILES string of the molecule is CCNC(=O)[C@@H](C)N(Cc1cccc(OC)c1)C(=O)CN(c1ccccc1F)S(=O)(=O)c1ccccc1. The third-order valence-corrected chi connectivity index (χ3v) is 7.51. The monoisotopic (exact) mass is 527 g/mol. The van der Waals surface area contributed by atoms with Gasteiger partial charge in [-0.25, -0.2) is 12.8 Å². The van der Waals surface area contributed by atoms with E-state index in [0.717, 1.165) is 10.4 Å². The highest BCUT2D eigenvalue weighted by atomic mass is 32.2. The second-order valence-corrected chi connectivity index (χ2v) is 10.1. The van der Waals surface area contributed by atoms with Crippen LogP contribution < -0.4 is 14.4 Å². The molecular formula is C27H30FN3O5S. The Morgan fingerprint density at radius 2 is 1.68 bits per heavy atom. The Morgan fingerprint density at radius 1 is 1.00 bits per heavy atom. The van der Waals surface area contributed by atoms with E-state index in [2.05, 4.69) is 5.32 Å². The number of carbonyl (C=O) groups excluding carboxylic acids is 2. The van der Waals surface area contributed by atoms with Gasteiger partial charge < -0.3 is 15.0 Å². The number of amides is 2. The van der Waals surface area contributed by atoms with Crippen LogP contribution in [0, 0.1) is 5.82 Å². The summed E-state index contributed by atoms with van der Waals surface area (Å²) in [6, 6.07) is 18.9. The van der Waals surface area contributed by atoms with E-state index in [0.29, 0.717) is 17.9 Å². The predicted molar refractivity (Wildman–Crippen MR) is 139 cm³/mol. The van der Waals surface area contributed by atoms with Gasteiger partial charge in [0.05, 0.1) is 17.7 Å². The molecule has 0 spiro atoms. The smallest absolute Gasteiger partial charge is 0.264 e. The largest absolute Gasteiger partial charge is 0.497 e. The number of nitrogens with zero attached hydrogens (tertiary/aromatic N) is 2. The number of ether oxygens (including phenoxy) is 1. The van der Waals surface area contributed by atoms with Gasteiger partial charge in [-0.3, -0.25) is 13.9 Å². The van der Waals surface area contributed by atoms with Gasteiger partial charge in [0.25, 0.3) is 10.0 Å². The maximum Gasteiger partial charge on any atom is 0.264 e. The Kier molecular flexibility index (Phi) is 9.24. The van der Waals surface area contributed by atoms with Crippen LogP contribution in [0.1, 0.15) is 19.4 Å². The van der Waals surface area contributed by atoms with Gasteiger partial charge in [0.2, 0.25) is 11.8 Å². The molecule has 196 valence electrons. The highest BCUT2D eigenvalue weighted by Gasteiger charge is 2.33. The second kappa shape index (κ2) is 12.4. The molecule has 3 aromatic rings. The summed E-state index contributed by atoms with van der Waals surface area (Å²) in [5.41, 5.74) is 0.402. The zero-order valence-corrected chi connectivity index (χ0v) is 21.7. The Morgan fingerprint density at radius 3 is 2.32 bits per heavy atom. The number of carbonyl (C=O) groups is 2. The average Bonchev–Trinajstić information content (AvgIpc) is 2.91. The lowest BCUT2D eigenvalue weighted by Crippen LogP contribution is -2.51. The van der Waals surface area contributed by atoms with E-state index in [-0.39, 0.29) is 17.1 Å². The van der Waals surface area contributed by atoms with Crippen molar-refractivity contribution < 1.29 is 27.1 Å². The van der Waals surface area contributed by atoms with Crippen molar-refractivity contribution in [2.75, 3.05) is 24.5 Å². The number of likely N-dealkylation sites (N-methyl/N-ethyl adjacent to an activating group) is 1. The highest BCUT2D eigenvalue weighted by molar-refractivity contribution is 7.92. The molecule has 0 aromatic heterocycles. The molecule has 1 N–H and O–H groups in total. The summed E-state index contributed by atoms with van der Waals surface area (Å²) in [7, 11) is -2.81. The van der Waals surface area contributed by atoms with Crippen LogP contribution in [0.3, 0.4) is 0 Å². The van der Waals surface area contributed by atoms with Crippen LogP contribution in [0.25, 0.3) is 0 Å². The van der Waals surface area contributed by atoms with E-state index < -0.39 is 40.2 Å². The van der Waals surface area contributed by atoms with Crippen LogP contribution in [-0.4, -0.2) is 51.4 Å². The molecule has 2 amide bonds. The van der Waals surface area contributed by atoms with Crippen molar-refractivity contribution in [2.45, 2.75) is 31.3 Å². The summed E-state index contributed by atoms with van der Waals surface area (Å²) in [6.45, 7) is 2.96. The van der Waals surface area contributed by atoms with Gasteiger partial charge in [0.1, 0.15) is 24.2 Å². The highest BCUT2D eigenvalue weighted by Crippen LogP contribution is 2.27. The van der Waals surface area contributed by atoms with Crippen LogP contribution in [0.5, 0.6) is 5.75 Å². The third-order valence-electron chi connectivity index (χ3n) is 5.74. The number of halogens is 1. The van der Waals surface area contributed by atoms with Crippen molar-refractivity contribution in [1.29, 1.82) is 0 Å². The molecule has 37 heavy (non-hydrogen) atoms. The van der Waals surface area contributed by atoms with E-state index in [1.54, 1.807) is 56.3 Å². The fourth-order valence-corrected chi connectivity index (χ4v) is 5.20. The maximum atomic E-state index is 14.8. The zero-order chi connectivity index (χ0) is 27.0. The molecule has 0 aliphatic heterocycles. The van der Waals surface area contributed by atoms with Gasteiger partial charge in [-0.1, -0.05) is 42.5 Å². The molecule has 0 aliphatic rings. The van der Waals surface area contributed by atoms with E-state index in [1.165, 1.54) is 42.3 Å². The van der Waals surface area contributed by atoms with E-state index in [4.69, 9.17) is 4.74 Å². The molecule has 0 bridgehead atoms. The molecule has 0 saturated carbocycles. The summed E-state index contributed by atoms with van der Waals surface area (Å²) in [6.07, 6.45) is 0. The molecule has 1 atom stereocenters. The number of sulfonamides is 1. The van der Waals surface area contributed by atoms with Gasteiger partial charge >= 0.3 is 0 Å². The summed E-state index contributed by atoms with van der Waals surface area (Å²) < 4.78 is 48.0. The first-order valence-electron chi connectivity index (χ1n) is 11.7. The Labute approximate surface area is 216 Å². The molecule has 3 rings (SSSR count). The van der Waals surface area contributed by atoms with Crippen LogP contribution >= 0.6 is 0 Å². The minimum absolute atomic E-state index is 0.00479. The first-order valence-corrected chi connectivity index (χ1v) is 13.2. The minimum atomic E-state index is -4.32. The number of anilines is 1. The van der Waals surface area contributed by atoms with Crippen LogP contribution in [0.2, 0.25) is 0 Å². The van der Waals surface area contributed by atoms with Gasteiger partial charge in [0.15, 0.2) is 0 Å². The molecular weight excluding hydrogens is 497 g/mol. The molecule has 0 aliphatic carbocycles. The van der Waals surface area contributed by atoms with Crippen LogP contribution in [-0.2, 0) is 26.2 Å². The van der Waals surface area contributed by atoms with Crippen LogP contribution in [0.4, 0.5) is 10.1 Å². The number of hydrogen-bond donors (Lipinski definition) is 1. The van der Waals surface area contributed by atoms with E-state index >= 15 is 0 Å². The molecule has 8 nitrogen and oxygen atoms in total. The van der Waals surface area contributed by atoms with Gasteiger partial charge in [-0.05, 0) is 55.8 Å². The lowest BCUT2D eigenvalue weighted by atomic mass is 10.1. The molecule has 0 unspecified atom stereocenters. The molecule has 0 saturated heterocycles. The third kappa shape index (κ3) is 6.65. The summed E-state index contributed by atoms with van der Waals surface area (Å²) in [4.78, 5) is 27.6. The zero-order valence-electron chi connectivity index (χ0n) is 20.9. The van der Waals surface area contributed by atoms with Crippen molar-refractivity contribution in [3.63, 3.8) is 0 Å². The number of nitrogens with one attached hydrogen (secondary N) is 1. The van der Waals surface area contributed by atoms with E-state index in [9.17, 15) is 22.4 Å². The maximum absolute atomic E-state index is 14.8. The average molecular weight is 528 g/mol. The van der Waals surface area contributed by atoms with Crippen molar-refractivity contribution in [3.05, 3.63) is 90.2 Å². The summed E-state index contributed by atoms with van der Waals surface area (Å²) in [5, 5.41) is 2.69. The first-order chi connectivity index (χ1) is 17.7. The summed E-state index contributed by atoms with van der Waals surface area (Å²) >= 11 is 0. The lowest BCUT2D eigenvalue weighted by Gasteiger charge is -2.32. The van der Waals surface area contributed by atoms with Gasteiger partial charge in [-0.15, -0.1) is 0 Å². The van der Waals surface area contributed by atoms with Crippen molar-refractivity contribution >= 4 is 27.5 Å². The van der Waals surface area contributed by atoms with Gasteiger partial charge in [0, 0.05) is 13.1 Å². The number of para-hydroxylation sites is 1. The van der Waals surface area contributed by atoms with E-state index in [1.807, 2.05) is 0 Å². The number of rotatable bonds is 11. The molecule has 0 radical (unpaired) electrons. The van der Waals surface area contributed by atoms with Crippen LogP contribution in [0.15, 0.2) is 83.8 Å². The summed E-state index contributed by atoms with van der Waals surface area (Å²) in [5.74, 6) is -1.31. The molecule has 0 fully saturated rings. The molecule has 0 heterocycles. The number of hydrogen-bond acceptors (Lipinski definition) is 5. The van der Waals surface area contributed by atoms with Gasteiger partial charge in [-0.2, -0.15) is 0 Å². The fourth-order valence-electron chi connectivity index (χ4n) is 3.76. The normalized spacial score (nSPS) is 11.9. The Bertz CT molecular complexity index is 1330. The van der Waals surface area contributed by atoms with Crippen molar-refractivity contribution in [1.82, 2.24) is 10.2 Å². The predicted octanol–water partition coefficient (Wildman–Crippen LogP) is 3.58. The second-order valence-electron chi connectivity index (χ2n) is 8.22. The van der Waals surface area contributed by atoms with Crippen molar-refractivity contribution in [2.24, 2.45) is 0 Å². The van der Waals surface area contributed by atoms with Crippen molar-refractivity contribution in [3.8, 4) is 5.75 Å². The first kappa shape index (κ1) is 27.7. The number of benzene rings is 3. The standard InChI is InChI=1S/C27H30FN3O5S/c1-4-29-27(33)20(2)30(18-21-11-10-12-22(17-21)36-3)26(32)19-31(25-16-9-8-15-24(25)28)37(34,35)23-13-6-5-7-14-23/h5-17,20H,4,18-19H2,1-3H3,(H,29,33)/t20-/m1/s1. The minimum Gasteiger partial charge on any atom is -0.497 e.